The molecule has 0 aliphatic carbocycles. The number of furan rings is 1. The van der Waals surface area contributed by atoms with Gasteiger partial charge < -0.3 is 9.40 Å². The second-order valence-electron chi connectivity index (χ2n) is 14.2. The van der Waals surface area contributed by atoms with Crippen LogP contribution in [-0.4, -0.2) is 23.2 Å². The number of pyridine rings is 2. The number of benzene rings is 5. The molecule has 0 amide bonds. The van der Waals surface area contributed by atoms with Crippen molar-refractivity contribution in [3.05, 3.63) is 163 Å². The van der Waals surface area contributed by atoms with Crippen LogP contribution in [0.4, 0.5) is 0 Å². The summed E-state index contributed by atoms with van der Waals surface area (Å²) in [5.74, 6) is 7.47. The maximum atomic E-state index is 7.84. The first-order valence-electron chi connectivity index (χ1n) is 18.8. The van der Waals surface area contributed by atoms with Crippen molar-refractivity contribution in [2.24, 2.45) is 0 Å². The standard InChI is InChI=1S/C26H20NO.C21H22GeN.Ir/c1-17(2)19-12-13-27-24(14-19)21-9-11-23-22-10-8-20(18-6-4-3-5-7-18)15-25(22)28-26(23)16-21;1-16-10-11-18(14-20(16)17-8-6-5-7-9-17)21-13-12-19(15-23-21)22(2,3)4;/h3-8,10-17H,1-2H3;5-10,12-15H,1-4H3;/q2*-1;/i;1D3;. The molecule has 0 aliphatic rings. The normalized spacial score (nSPS) is 12.4. The van der Waals surface area contributed by atoms with Crippen molar-refractivity contribution in [2.45, 2.75) is 43.9 Å². The van der Waals surface area contributed by atoms with E-state index in [1.54, 1.807) is 6.07 Å². The van der Waals surface area contributed by atoms with Crippen LogP contribution in [0.2, 0.25) is 17.3 Å². The molecule has 0 saturated heterocycles. The number of aromatic nitrogens is 2. The molecule has 8 rings (SSSR count). The van der Waals surface area contributed by atoms with Crippen molar-refractivity contribution in [1.82, 2.24) is 9.97 Å². The van der Waals surface area contributed by atoms with Gasteiger partial charge in [-0.25, -0.2) is 0 Å². The van der Waals surface area contributed by atoms with Crippen LogP contribution in [0.15, 0.2) is 144 Å². The molecule has 0 fully saturated rings. The zero-order valence-electron chi connectivity index (χ0n) is 33.0. The van der Waals surface area contributed by atoms with E-state index in [1.807, 2.05) is 73.1 Å². The number of hydrogen-bond acceptors (Lipinski definition) is 3. The summed E-state index contributed by atoms with van der Waals surface area (Å²) in [4.78, 5) is 9.15. The maximum Gasteiger partial charge on any atom is 0 e. The van der Waals surface area contributed by atoms with Gasteiger partial charge in [-0.15, -0.1) is 17.7 Å². The van der Waals surface area contributed by atoms with Gasteiger partial charge in [0.1, 0.15) is 5.58 Å². The molecule has 0 N–H and O–H groups in total. The van der Waals surface area contributed by atoms with E-state index in [0.717, 1.165) is 55.6 Å². The number of fused-ring (bicyclic) bond motifs is 3. The summed E-state index contributed by atoms with van der Waals surface area (Å²) in [6, 6.07) is 48.8. The molecule has 0 bridgehead atoms. The fraction of sp³-hybridized carbons (Fsp3) is 0.149. The Bertz CT molecular complexity index is 2540. The van der Waals surface area contributed by atoms with Crippen LogP contribution in [0.25, 0.3) is 66.7 Å². The molecule has 261 valence electrons. The molecule has 0 unspecified atom stereocenters. The minimum Gasteiger partial charge on any atom is 0 e. The number of hydrogen-bond donors (Lipinski definition) is 0. The summed E-state index contributed by atoms with van der Waals surface area (Å²) in [6.45, 7) is 2.20. The topological polar surface area (TPSA) is 38.9 Å². The first kappa shape index (κ1) is 33.2. The van der Waals surface area contributed by atoms with Crippen molar-refractivity contribution in [1.29, 1.82) is 0 Å². The Kier molecular flexibility index (Phi) is 10.2. The summed E-state index contributed by atoms with van der Waals surface area (Å²) >= 11 is -1.91. The average molecular weight is 919 g/mol. The summed E-state index contributed by atoms with van der Waals surface area (Å²) < 4.78 is 31.1. The molecular weight excluding hydrogens is 873 g/mol. The van der Waals surface area contributed by atoms with E-state index in [0.29, 0.717) is 17.0 Å². The molecule has 5 heteroatoms. The van der Waals surface area contributed by atoms with Crippen LogP contribution >= 0.6 is 0 Å². The SMILES string of the molecule is CC(C)c1ccnc(-c2[c-]cc3c(c2)oc2cc(-c4ccccc4)ccc23)c1.[2H]C([2H])([2H])c1c[c-]c(-c2cc[c]([Ge]([CH3])([CH3])[CH3])cn2)cc1-c1ccccc1.[Ir]. The predicted octanol–water partition coefficient (Wildman–Crippen LogP) is 12.3. The van der Waals surface area contributed by atoms with Crippen LogP contribution < -0.4 is 4.40 Å². The van der Waals surface area contributed by atoms with Gasteiger partial charge in [0.05, 0.1) is 5.58 Å². The summed E-state index contributed by atoms with van der Waals surface area (Å²) in [5, 5.41) is 2.19. The summed E-state index contributed by atoms with van der Waals surface area (Å²) in [5.41, 5.74) is 10.8. The van der Waals surface area contributed by atoms with Crippen LogP contribution in [0.3, 0.4) is 0 Å². The monoisotopic (exact) mass is 920 g/mol. The van der Waals surface area contributed by atoms with E-state index in [-0.39, 0.29) is 20.1 Å². The molecule has 3 aromatic heterocycles. The molecule has 3 heterocycles. The van der Waals surface area contributed by atoms with Gasteiger partial charge in [0, 0.05) is 26.3 Å². The van der Waals surface area contributed by atoms with Gasteiger partial charge in [-0.2, -0.15) is 0 Å². The molecule has 8 aromatic rings. The Morgan fingerprint density at radius 3 is 2.02 bits per heavy atom. The maximum absolute atomic E-state index is 7.84. The third-order valence-corrected chi connectivity index (χ3v) is 13.4. The molecule has 0 aliphatic heterocycles. The first-order chi connectivity index (χ1) is 25.8. The van der Waals surface area contributed by atoms with Gasteiger partial charge in [-0.05, 0) is 40.3 Å². The molecule has 52 heavy (non-hydrogen) atoms. The largest absolute Gasteiger partial charge is 0 e. The zero-order valence-corrected chi connectivity index (χ0v) is 34.5. The van der Waals surface area contributed by atoms with E-state index in [2.05, 4.69) is 114 Å². The average Bonchev–Trinajstić information content (AvgIpc) is 3.55. The number of rotatable bonds is 6. The van der Waals surface area contributed by atoms with Crippen molar-refractivity contribution < 1.29 is 28.6 Å². The minimum atomic E-state index is -2.18. The first-order valence-corrected chi connectivity index (χ1v) is 24.7. The summed E-state index contributed by atoms with van der Waals surface area (Å²) in [7, 11) is 0. The van der Waals surface area contributed by atoms with Crippen molar-refractivity contribution in [2.75, 3.05) is 0 Å². The molecule has 5 aromatic carbocycles. The molecule has 0 spiro atoms. The van der Waals surface area contributed by atoms with Gasteiger partial charge in [-0.1, -0.05) is 79.4 Å². The minimum absolute atomic E-state index is 0. The molecular formula is C47H42GeIrN2O-2. The Morgan fingerprint density at radius 1 is 0.654 bits per heavy atom. The third-order valence-electron chi connectivity index (χ3n) is 9.18. The van der Waals surface area contributed by atoms with Gasteiger partial charge in [0.25, 0.3) is 0 Å². The Morgan fingerprint density at radius 2 is 1.35 bits per heavy atom. The van der Waals surface area contributed by atoms with Gasteiger partial charge >= 0.3 is 146 Å². The van der Waals surface area contributed by atoms with E-state index in [1.165, 1.54) is 15.5 Å². The number of aryl methyl sites for hydroxylation is 1. The quantitative estimate of drug-likeness (QED) is 0.123. The molecule has 0 atom stereocenters. The smallest absolute Gasteiger partial charge is 0 e. The van der Waals surface area contributed by atoms with Crippen molar-refractivity contribution in [3.8, 4) is 44.8 Å². The fourth-order valence-electron chi connectivity index (χ4n) is 6.12. The predicted molar refractivity (Wildman–Crippen MR) is 217 cm³/mol. The molecule has 1 radical (unpaired) electrons. The van der Waals surface area contributed by atoms with E-state index >= 15 is 0 Å². The van der Waals surface area contributed by atoms with Crippen LogP contribution in [0.1, 0.15) is 35.0 Å². The Balaban J connectivity index is 0.000000184. The zero-order chi connectivity index (χ0) is 38.0. The van der Waals surface area contributed by atoms with Gasteiger partial charge in [0.15, 0.2) is 0 Å². The third kappa shape index (κ3) is 8.21. The van der Waals surface area contributed by atoms with Crippen LogP contribution in [0.5, 0.6) is 0 Å². The Hall–Kier alpha value is -4.61. The van der Waals surface area contributed by atoms with Crippen molar-refractivity contribution >= 4 is 39.6 Å². The Labute approximate surface area is 328 Å². The summed E-state index contributed by atoms with van der Waals surface area (Å²) in [6.07, 6.45) is 3.83. The fourth-order valence-corrected chi connectivity index (χ4v) is 8.29. The van der Waals surface area contributed by atoms with E-state index in [4.69, 9.17) is 8.53 Å². The van der Waals surface area contributed by atoms with E-state index in [9.17, 15) is 0 Å². The van der Waals surface area contributed by atoms with Crippen LogP contribution in [-0.2, 0) is 20.1 Å². The van der Waals surface area contributed by atoms with Crippen LogP contribution in [0, 0.1) is 19.0 Å². The van der Waals surface area contributed by atoms with E-state index < -0.39 is 20.1 Å². The molecule has 3 nitrogen and oxygen atoms in total. The molecule has 0 saturated carbocycles. The number of nitrogens with zero attached hydrogens (tertiary/aromatic N) is 2. The van der Waals surface area contributed by atoms with Gasteiger partial charge in [-0.3, -0.25) is 0 Å². The van der Waals surface area contributed by atoms with Crippen molar-refractivity contribution in [3.63, 3.8) is 0 Å². The van der Waals surface area contributed by atoms with Gasteiger partial charge in [0.2, 0.25) is 0 Å². The second-order valence-corrected chi connectivity index (χ2v) is 24.8. The second kappa shape index (κ2) is 16.0.